The zero-order chi connectivity index (χ0) is 63.8. The van der Waals surface area contributed by atoms with Gasteiger partial charge in [-0.05, 0) is 43.4 Å². The molecule has 0 fully saturated rings. The topological polar surface area (TPSA) is 237 Å². The molecular weight excluding hydrogens is 1140 g/mol. The van der Waals surface area contributed by atoms with Gasteiger partial charge in [-0.2, -0.15) is 0 Å². The molecule has 0 aliphatic heterocycles. The number of phosphoric acid groups is 2. The van der Waals surface area contributed by atoms with Crippen molar-refractivity contribution in [2.75, 3.05) is 39.6 Å². The summed E-state index contributed by atoms with van der Waals surface area (Å²) in [4.78, 5) is 72.4. The number of aliphatic hydroxyl groups excluding tert-OH is 1. The summed E-state index contributed by atoms with van der Waals surface area (Å²) >= 11 is 0. The van der Waals surface area contributed by atoms with Crippen molar-refractivity contribution in [2.45, 2.75) is 349 Å². The minimum absolute atomic E-state index is 0.103. The van der Waals surface area contributed by atoms with Crippen LogP contribution in [0.25, 0.3) is 0 Å². The predicted octanol–water partition coefficient (Wildman–Crippen LogP) is 18.7. The summed E-state index contributed by atoms with van der Waals surface area (Å²) in [5.74, 6) is 0.0945. The normalized spacial score (nSPS) is 14.9. The number of hydrogen-bond acceptors (Lipinski definition) is 15. The number of carbonyl (C=O) groups excluding carboxylic acids is 4. The van der Waals surface area contributed by atoms with Gasteiger partial charge in [-0.15, -0.1) is 0 Å². The molecule has 0 amide bonds. The third-order valence-corrected chi connectivity index (χ3v) is 18.0. The fourth-order valence-electron chi connectivity index (χ4n) is 9.95. The van der Waals surface area contributed by atoms with Gasteiger partial charge < -0.3 is 33.8 Å². The molecule has 0 aliphatic carbocycles. The van der Waals surface area contributed by atoms with Crippen molar-refractivity contribution in [3.63, 3.8) is 0 Å². The number of hydrogen-bond donors (Lipinski definition) is 3. The number of unbranched alkanes of at least 4 members (excludes halogenated alkanes) is 31. The summed E-state index contributed by atoms with van der Waals surface area (Å²) in [6, 6.07) is 0. The van der Waals surface area contributed by atoms with Crippen LogP contribution in [0.4, 0.5) is 0 Å². The molecule has 0 aliphatic rings. The molecule has 0 saturated heterocycles. The van der Waals surface area contributed by atoms with Gasteiger partial charge in [0.25, 0.3) is 0 Å². The highest BCUT2D eigenvalue weighted by molar-refractivity contribution is 7.47. The molecule has 3 N–H and O–H groups in total. The maximum absolute atomic E-state index is 13.0. The number of carbonyl (C=O) groups is 4. The molecule has 0 radical (unpaired) electrons. The highest BCUT2D eigenvalue weighted by Crippen LogP contribution is 2.45. The summed E-state index contributed by atoms with van der Waals surface area (Å²) < 4.78 is 68.1. The first-order valence-electron chi connectivity index (χ1n) is 34.9. The molecule has 0 aromatic rings. The lowest BCUT2D eigenvalue weighted by atomic mass is 9.99. The van der Waals surface area contributed by atoms with Gasteiger partial charge in [0, 0.05) is 25.7 Å². The molecule has 7 atom stereocenters. The van der Waals surface area contributed by atoms with Gasteiger partial charge in [0.15, 0.2) is 12.2 Å². The summed E-state index contributed by atoms with van der Waals surface area (Å²) in [6.45, 7) is 11.7. The molecule has 0 aromatic heterocycles. The Morgan fingerprint density at radius 1 is 0.337 bits per heavy atom. The molecular formula is C67H130O17P2. The van der Waals surface area contributed by atoms with Crippen LogP contribution in [0, 0.1) is 17.8 Å². The fraction of sp³-hybridized carbons (Fsp3) is 0.940. The number of aliphatic hydroxyl groups is 1. The zero-order valence-electron chi connectivity index (χ0n) is 55.8. The molecule has 0 spiro atoms. The van der Waals surface area contributed by atoms with E-state index in [2.05, 4.69) is 48.5 Å². The summed E-state index contributed by atoms with van der Waals surface area (Å²) in [7, 11) is -9.90. The van der Waals surface area contributed by atoms with Crippen molar-refractivity contribution in [1.82, 2.24) is 0 Å². The Morgan fingerprint density at radius 3 is 0.884 bits per heavy atom. The molecule has 86 heavy (non-hydrogen) atoms. The second kappa shape index (κ2) is 58.2. The van der Waals surface area contributed by atoms with Crippen LogP contribution in [0.1, 0.15) is 331 Å². The average molecular weight is 1270 g/mol. The third kappa shape index (κ3) is 58.4. The van der Waals surface area contributed by atoms with E-state index in [1.54, 1.807) is 0 Å². The Bertz CT molecular complexity index is 1700. The largest absolute Gasteiger partial charge is 0.472 e. The van der Waals surface area contributed by atoms with E-state index in [9.17, 15) is 43.2 Å². The van der Waals surface area contributed by atoms with Crippen LogP contribution in [0.3, 0.4) is 0 Å². The van der Waals surface area contributed by atoms with Gasteiger partial charge in [-0.25, -0.2) is 9.13 Å². The number of ether oxygens (including phenoxy) is 4. The Balaban J connectivity index is 5.27. The average Bonchev–Trinajstić information content (AvgIpc) is 3.70. The van der Waals surface area contributed by atoms with E-state index in [0.29, 0.717) is 25.7 Å². The van der Waals surface area contributed by atoms with Crippen LogP contribution < -0.4 is 0 Å². The van der Waals surface area contributed by atoms with E-state index >= 15 is 0 Å². The van der Waals surface area contributed by atoms with Crippen LogP contribution in [0.15, 0.2) is 0 Å². The standard InChI is InChI=1S/C67H130O17P2/c1-8-11-12-13-14-15-16-17-18-19-27-36-43-50-66(71)83-62(54-77-64(69)48-41-34-26-23-21-25-32-39-46-59(6)9-2)56-81-85(73,74)79-52-61(68)53-80-86(75,76)82-57-63(55-78-65(70)49-42-35-30-29-33-40-47-60(7)10-3)84-67(72)51-44-37-28-22-20-24-31-38-45-58(4)5/h58-63,68H,8-57H2,1-7H3,(H,73,74)(H,75,76)/t59?,60?,61-,62-,63-/m1/s1. The minimum Gasteiger partial charge on any atom is -0.462 e. The molecule has 4 unspecified atom stereocenters. The van der Waals surface area contributed by atoms with Crippen molar-refractivity contribution in [3.8, 4) is 0 Å². The Hall–Kier alpha value is -1.94. The maximum Gasteiger partial charge on any atom is 0.472 e. The lowest BCUT2D eigenvalue weighted by molar-refractivity contribution is -0.161. The van der Waals surface area contributed by atoms with Gasteiger partial charge in [0.1, 0.15) is 19.3 Å². The molecule has 0 bridgehead atoms. The predicted molar refractivity (Wildman–Crippen MR) is 344 cm³/mol. The molecule has 19 heteroatoms. The second-order valence-electron chi connectivity index (χ2n) is 25.2. The Kier molecular flexibility index (Phi) is 56.9. The number of phosphoric ester groups is 2. The van der Waals surface area contributed by atoms with E-state index in [1.807, 2.05) is 0 Å². The van der Waals surface area contributed by atoms with Crippen molar-refractivity contribution < 1.29 is 80.2 Å². The Labute approximate surface area is 524 Å². The summed E-state index contributed by atoms with van der Waals surface area (Å²) in [5.41, 5.74) is 0. The second-order valence-corrected chi connectivity index (χ2v) is 28.1. The van der Waals surface area contributed by atoms with Crippen molar-refractivity contribution in [3.05, 3.63) is 0 Å². The van der Waals surface area contributed by atoms with Crippen LogP contribution >= 0.6 is 15.6 Å². The first-order valence-corrected chi connectivity index (χ1v) is 37.9. The van der Waals surface area contributed by atoms with E-state index in [4.69, 9.17) is 37.0 Å². The van der Waals surface area contributed by atoms with Crippen molar-refractivity contribution in [2.24, 2.45) is 17.8 Å². The van der Waals surface area contributed by atoms with Crippen LogP contribution in [-0.4, -0.2) is 96.7 Å². The van der Waals surface area contributed by atoms with Crippen molar-refractivity contribution in [1.29, 1.82) is 0 Å². The van der Waals surface area contributed by atoms with Gasteiger partial charge in [0.05, 0.1) is 26.4 Å². The van der Waals surface area contributed by atoms with E-state index in [1.165, 1.54) is 135 Å². The molecule has 17 nitrogen and oxygen atoms in total. The van der Waals surface area contributed by atoms with Crippen LogP contribution in [0.2, 0.25) is 0 Å². The van der Waals surface area contributed by atoms with Gasteiger partial charge in [-0.3, -0.25) is 37.3 Å². The molecule has 0 rings (SSSR count). The summed E-state index contributed by atoms with van der Waals surface area (Å²) in [5, 5.41) is 10.6. The maximum atomic E-state index is 13.0. The molecule has 0 aromatic carbocycles. The van der Waals surface area contributed by atoms with Crippen LogP contribution in [0.5, 0.6) is 0 Å². The quantitative estimate of drug-likeness (QED) is 0.0222. The monoisotopic (exact) mass is 1270 g/mol. The van der Waals surface area contributed by atoms with Gasteiger partial charge >= 0.3 is 39.5 Å². The first kappa shape index (κ1) is 84.1. The number of esters is 4. The first-order chi connectivity index (χ1) is 41.3. The lowest BCUT2D eigenvalue weighted by Crippen LogP contribution is -2.30. The SMILES string of the molecule is CCCCCCCCCCCCCCCC(=O)O[C@H](COC(=O)CCCCCCCCCCC(C)CC)COP(=O)(O)OC[C@@H](O)COP(=O)(O)OC[C@@H](COC(=O)CCCCCCCCC(C)CC)OC(=O)CCCCCCCCCCC(C)C. The van der Waals surface area contributed by atoms with Crippen molar-refractivity contribution >= 4 is 39.5 Å². The van der Waals surface area contributed by atoms with Crippen LogP contribution in [-0.2, 0) is 65.4 Å². The van der Waals surface area contributed by atoms with E-state index < -0.39 is 97.5 Å². The van der Waals surface area contributed by atoms with Gasteiger partial charge in [0.2, 0.25) is 0 Å². The lowest BCUT2D eigenvalue weighted by Gasteiger charge is -2.21. The minimum atomic E-state index is -4.95. The van der Waals surface area contributed by atoms with E-state index in [-0.39, 0.29) is 25.7 Å². The highest BCUT2D eigenvalue weighted by Gasteiger charge is 2.30. The fourth-order valence-corrected chi connectivity index (χ4v) is 11.5. The zero-order valence-corrected chi connectivity index (χ0v) is 57.6. The molecule has 0 heterocycles. The highest BCUT2D eigenvalue weighted by atomic mass is 31.2. The summed E-state index contributed by atoms with van der Waals surface area (Å²) in [6.07, 6.45) is 40.2. The molecule has 510 valence electrons. The third-order valence-electron chi connectivity index (χ3n) is 16.1. The van der Waals surface area contributed by atoms with Gasteiger partial charge in [-0.1, -0.05) is 280 Å². The number of rotatable bonds is 65. The Morgan fingerprint density at radius 2 is 0.593 bits per heavy atom. The van der Waals surface area contributed by atoms with E-state index in [0.717, 1.165) is 114 Å². The molecule has 0 saturated carbocycles. The smallest absolute Gasteiger partial charge is 0.462 e.